The zero-order chi connectivity index (χ0) is 15.2. The molecule has 2 rings (SSSR count). The lowest BCUT2D eigenvalue weighted by molar-refractivity contribution is 0.0671. The third-order valence-electron chi connectivity index (χ3n) is 4.19. The minimum absolute atomic E-state index is 0.129. The third-order valence-corrected chi connectivity index (χ3v) is 4.19. The molecule has 1 fully saturated rings. The Morgan fingerprint density at radius 2 is 2.29 bits per heavy atom. The maximum Gasteiger partial charge on any atom is 0.253 e. The van der Waals surface area contributed by atoms with Gasteiger partial charge < -0.3 is 10.6 Å². The molecule has 1 aromatic rings. The van der Waals surface area contributed by atoms with Gasteiger partial charge in [0.05, 0.1) is 6.54 Å². The van der Waals surface area contributed by atoms with Crippen molar-refractivity contribution in [2.45, 2.75) is 33.1 Å². The molecule has 3 heteroatoms. The highest BCUT2D eigenvalue weighted by molar-refractivity contribution is 5.94. The molecule has 1 amide bonds. The van der Waals surface area contributed by atoms with Gasteiger partial charge in [-0.1, -0.05) is 31.3 Å². The molecule has 0 bridgehead atoms. The maximum atomic E-state index is 12.7. The summed E-state index contributed by atoms with van der Waals surface area (Å²) in [4.78, 5) is 14.6. The predicted octanol–water partition coefficient (Wildman–Crippen LogP) is 2.57. The first-order chi connectivity index (χ1) is 10.2. The van der Waals surface area contributed by atoms with Crippen LogP contribution in [0.25, 0.3) is 0 Å². The zero-order valence-electron chi connectivity index (χ0n) is 13.0. The van der Waals surface area contributed by atoms with Crippen LogP contribution in [0.5, 0.6) is 0 Å². The topological polar surface area (TPSA) is 46.3 Å². The lowest BCUT2D eigenvalue weighted by atomic mass is 9.95. The maximum absolute atomic E-state index is 12.7. The molecule has 21 heavy (non-hydrogen) atoms. The highest BCUT2D eigenvalue weighted by atomic mass is 16.2. The van der Waals surface area contributed by atoms with Gasteiger partial charge >= 0.3 is 0 Å². The second-order valence-corrected chi connectivity index (χ2v) is 5.70. The fourth-order valence-electron chi connectivity index (χ4n) is 2.80. The summed E-state index contributed by atoms with van der Waals surface area (Å²) in [6.45, 7) is 6.29. The molecule has 2 N–H and O–H groups in total. The molecule has 112 valence electrons. The molecule has 1 aromatic carbocycles. The molecule has 0 aliphatic carbocycles. The molecule has 0 radical (unpaired) electrons. The zero-order valence-corrected chi connectivity index (χ0v) is 13.0. The Balaban J connectivity index is 2.19. The SMILES string of the molecule is CCC1CCCN(C(=O)c2ccc(C)c(C#CCN)c2)C1. The van der Waals surface area contributed by atoms with Crippen LogP contribution in [0.4, 0.5) is 0 Å². The first kappa shape index (κ1) is 15.6. The average molecular weight is 284 g/mol. The summed E-state index contributed by atoms with van der Waals surface area (Å²) < 4.78 is 0. The number of carbonyl (C=O) groups excluding carboxylic acids is 1. The molecule has 1 aliphatic rings. The fraction of sp³-hybridized carbons (Fsp3) is 0.500. The van der Waals surface area contributed by atoms with E-state index in [0.717, 1.165) is 42.6 Å². The monoisotopic (exact) mass is 284 g/mol. The van der Waals surface area contributed by atoms with Crippen molar-refractivity contribution in [2.24, 2.45) is 11.7 Å². The minimum Gasteiger partial charge on any atom is -0.338 e. The van der Waals surface area contributed by atoms with E-state index in [9.17, 15) is 4.79 Å². The van der Waals surface area contributed by atoms with Gasteiger partial charge in [0.2, 0.25) is 0 Å². The van der Waals surface area contributed by atoms with Crippen molar-refractivity contribution in [3.8, 4) is 11.8 Å². The van der Waals surface area contributed by atoms with E-state index in [-0.39, 0.29) is 5.91 Å². The second kappa shape index (κ2) is 7.28. The number of nitrogens with two attached hydrogens (primary N) is 1. The van der Waals surface area contributed by atoms with Gasteiger partial charge in [0.25, 0.3) is 5.91 Å². The number of hydrogen-bond acceptors (Lipinski definition) is 2. The molecular weight excluding hydrogens is 260 g/mol. The van der Waals surface area contributed by atoms with Crippen molar-refractivity contribution in [3.63, 3.8) is 0 Å². The Bertz CT molecular complexity index is 568. The number of amides is 1. The van der Waals surface area contributed by atoms with E-state index >= 15 is 0 Å². The van der Waals surface area contributed by atoms with Crippen molar-refractivity contribution in [3.05, 3.63) is 34.9 Å². The van der Waals surface area contributed by atoms with E-state index < -0.39 is 0 Å². The standard InChI is InChI=1S/C18H24N2O/c1-3-15-6-5-11-20(13-15)18(21)17-9-8-14(2)16(12-17)7-4-10-19/h8-9,12,15H,3,5-6,10-11,13,19H2,1-2H3. The number of aryl methyl sites for hydroxylation is 1. The lowest BCUT2D eigenvalue weighted by Gasteiger charge is -2.32. The molecular formula is C18H24N2O. The van der Waals surface area contributed by atoms with E-state index in [1.807, 2.05) is 30.0 Å². The number of carbonyl (C=O) groups is 1. The van der Waals surface area contributed by atoms with Gasteiger partial charge in [0.1, 0.15) is 0 Å². The number of benzene rings is 1. The van der Waals surface area contributed by atoms with E-state index in [1.165, 1.54) is 6.42 Å². The highest BCUT2D eigenvalue weighted by Gasteiger charge is 2.23. The fourth-order valence-corrected chi connectivity index (χ4v) is 2.80. The van der Waals surface area contributed by atoms with Gasteiger partial charge in [-0.15, -0.1) is 0 Å². The molecule has 1 unspecified atom stereocenters. The number of nitrogens with zero attached hydrogens (tertiary/aromatic N) is 1. The average Bonchev–Trinajstić information content (AvgIpc) is 2.53. The molecule has 1 heterocycles. The number of hydrogen-bond donors (Lipinski definition) is 1. The summed E-state index contributed by atoms with van der Waals surface area (Å²) in [5.74, 6) is 6.68. The van der Waals surface area contributed by atoms with Crippen molar-refractivity contribution < 1.29 is 4.79 Å². The van der Waals surface area contributed by atoms with Gasteiger partial charge in [0.15, 0.2) is 0 Å². The van der Waals surface area contributed by atoms with Crippen molar-refractivity contribution in [1.29, 1.82) is 0 Å². The number of piperidine rings is 1. The molecule has 1 saturated heterocycles. The molecule has 3 nitrogen and oxygen atoms in total. The smallest absolute Gasteiger partial charge is 0.253 e. The van der Waals surface area contributed by atoms with E-state index in [2.05, 4.69) is 18.8 Å². The third kappa shape index (κ3) is 3.86. The van der Waals surface area contributed by atoms with Gasteiger partial charge in [-0.2, -0.15) is 0 Å². The summed E-state index contributed by atoms with van der Waals surface area (Å²) >= 11 is 0. The van der Waals surface area contributed by atoms with Crippen LogP contribution in [0, 0.1) is 24.7 Å². The first-order valence-electron chi connectivity index (χ1n) is 7.74. The first-order valence-corrected chi connectivity index (χ1v) is 7.74. The summed E-state index contributed by atoms with van der Waals surface area (Å²) in [7, 11) is 0. The molecule has 1 aliphatic heterocycles. The minimum atomic E-state index is 0.129. The van der Waals surface area contributed by atoms with Gasteiger partial charge in [-0.25, -0.2) is 0 Å². The Hall–Kier alpha value is -1.79. The number of likely N-dealkylation sites (tertiary alicyclic amines) is 1. The summed E-state index contributed by atoms with van der Waals surface area (Å²) in [6.07, 6.45) is 3.49. The summed E-state index contributed by atoms with van der Waals surface area (Å²) in [6, 6.07) is 5.77. The Labute approximate surface area is 127 Å². The Morgan fingerprint density at radius 3 is 3.00 bits per heavy atom. The largest absolute Gasteiger partial charge is 0.338 e. The lowest BCUT2D eigenvalue weighted by Crippen LogP contribution is -2.39. The molecule has 0 spiro atoms. The van der Waals surface area contributed by atoms with E-state index in [0.29, 0.717) is 12.5 Å². The molecule has 0 aromatic heterocycles. The van der Waals surface area contributed by atoms with Crippen LogP contribution in [-0.2, 0) is 0 Å². The van der Waals surface area contributed by atoms with E-state index in [1.54, 1.807) is 0 Å². The van der Waals surface area contributed by atoms with Crippen LogP contribution in [0.15, 0.2) is 18.2 Å². The number of rotatable bonds is 2. The van der Waals surface area contributed by atoms with Crippen LogP contribution >= 0.6 is 0 Å². The molecule has 0 saturated carbocycles. The van der Waals surface area contributed by atoms with Crippen LogP contribution in [-0.4, -0.2) is 30.4 Å². The van der Waals surface area contributed by atoms with E-state index in [4.69, 9.17) is 5.73 Å². The van der Waals surface area contributed by atoms with Crippen molar-refractivity contribution in [1.82, 2.24) is 4.90 Å². The van der Waals surface area contributed by atoms with Crippen molar-refractivity contribution >= 4 is 5.91 Å². The Morgan fingerprint density at radius 1 is 1.48 bits per heavy atom. The normalized spacial score (nSPS) is 18.0. The van der Waals surface area contributed by atoms with Crippen molar-refractivity contribution in [2.75, 3.05) is 19.6 Å². The second-order valence-electron chi connectivity index (χ2n) is 5.70. The quantitative estimate of drug-likeness (QED) is 0.848. The molecule has 1 atom stereocenters. The summed E-state index contributed by atoms with van der Waals surface area (Å²) in [5.41, 5.74) is 8.14. The van der Waals surface area contributed by atoms with Crippen LogP contribution in [0.2, 0.25) is 0 Å². The highest BCUT2D eigenvalue weighted by Crippen LogP contribution is 2.21. The van der Waals surface area contributed by atoms with Gasteiger partial charge in [-0.05, 0) is 43.4 Å². The van der Waals surface area contributed by atoms with Crippen LogP contribution in [0.3, 0.4) is 0 Å². The predicted molar refractivity (Wildman–Crippen MR) is 86.0 cm³/mol. The summed E-state index contributed by atoms with van der Waals surface area (Å²) in [5, 5.41) is 0. The van der Waals surface area contributed by atoms with Gasteiger partial charge in [0, 0.05) is 24.2 Å². The van der Waals surface area contributed by atoms with Gasteiger partial charge in [-0.3, -0.25) is 4.79 Å². The Kier molecular flexibility index (Phi) is 5.41. The van der Waals surface area contributed by atoms with Crippen LogP contribution in [0.1, 0.15) is 47.7 Å². The van der Waals surface area contributed by atoms with Crippen LogP contribution < -0.4 is 5.73 Å².